The number of imide groups is 1. The highest BCUT2D eigenvalue weighted by Crippen LogP contribution is 2.44. The Kier molecular flexibility index (Phi) is 13.7. The van der Waals surface area contributed by atoms with Crippen LogP contribution in [0, 0.1) is 24.0 Å². The third-order valence-corrected chi connectivity index (χ3v) is 16.3. The van der Waals surface area contributed by atoms with E-state index in [1.807, 2.05) is 29.2 Å². The van der Waals surface area contributed by atoms with Gasteiger partial charge in [0.2, 0.25) is 11.8 Å². The average Bonchev–Trinajstić information content (AvgIpc) is 4.10. The number of urea groups is 1. The molecule has 3 N–H and O–H groups in total. The third kappa shape index (κ3) is 9.61. The van der Waals surface area contributed by atoms with Crippen LogP contribution in [0.5, 0.6) is 6.01 Å². The van der Waals surface area contributed by atoms with Crippen molar-refractivity contribution in [2.75, 3.05) is 86.8 Å². The first kappa shape index (κ1) is 49.1. The van der Waals surface area contributed by atoms with Crippen LogP contribution in [0.2, 0.25) is 0 Å². The van der Waals surface area contributed by atoms with Gasteiger partial charge in [0, 0.05) is 118 Å². The van der Waals surface area contributed by atoms with E-state index in [0.29, 0.717) is 106 Å². The molecule has 0 aliphatic carbocycles. The number of carboxylic acid groups (broad SMARTS) is 1. The molecule has 0 radical (unpaired) electrons. The molecule has 8 heterocycles. The van der Waals surface area contributed by atoms with E-state index in [0.717, 1.165) is 62.9 Å². The molecule has 6 aliphatic rings. The van der Waals surface area contributed by atoms with Gasteiger partial charge >= 0.3 is 18.1 Å². The zero-order valence-corrected chi connectivity index (χ0v) is 41.4. The molecule has 6 aliphatic heterocycles. The molecule has 17 nitrogen and oxygen atoms in total. The Morgan fingerprint density at radius 3 is 2.43 bits per heavy atom. The van der Waals surface area contributed by atoms with E-state index in [1.54, 1.807) is 35.4 Å². The zero-order chi connectivity index (χ0) is 51.1. The van der Waals surface area contributed by atoms with Crippen molar-refractivity contribution in [3.8, 4) is 29.6 Å². The minimum Gasteiger partial charge on any atom is -0.465 e. The van der Waals surface area contributed by atoms with Gasteiger partial charge in [0.1, 0.15) is 29.5 Å². The average molecular weight is 1010 g/mol. The number of ether oxygens (including phenoxy) is 1. The Morgan fingerprint density at radius 2 is 1.68 bits per heavy atom. The van der Waals surface area contributed by atoms with E-state index >= 15 is 8.78 Å². The quantitative estimate of drug-likeness (QED) is 0.0741. The Bertz CT molecular complexity index is 3030. The normalized spacial score (nSPS) is 22.9. The summed E-state index contributed by atoms with van der Waals surface area (Å²) < 4.78 is 38.8. The van der Waals surface area contributed by atoms with Crippen molar-refractivity contribution in [1.29, 1.82) is 0 Å². The van der Waals surface area contributed by atoms with Crippen molar-refractivity contribution in [2.24, 2.45) is 0 Å². The molecule has 2 unspecified atom stereocenters. The number of halogens is 2. The SMILES string of the molecule is C#Cc1c(F)ccc2cccc(-c3ncc4c(N5CC6CCC(C5)N6)nc(OC[C@@]56CCCN5[C@H](CN(CCCCCC(=O)N5CCN(c7ccc(N8CCC(=O)NC8=O)cc7)CC5)C(=O)O)CC6)nc4c3F)c12. The van der Waals surface area contributed by atoms with Crippen LogP contribution >= 0.6 is 0 Å². The van der Waals surface area contributed by atoms with E-state index in [1.165, 1.54) is 11.0 Å². The minimum absolute atomic E-state index is 0.00294. The highest BCUT2D eigenvalue weighted by atomic mass is 19.1. The van der Waals surface area contributed by atoms with Crippen LogP contribution in [0.1, 0.15) is 76.2 Å². The number of nitrogens with zero attached hydrogens (tertiary/aromatic N) is 9. The summed E-state index contributed by atoms with van der Waals surface area (Å²) in [6, 6.07) is 16.0. The molecule has 3 aromatic carbocycles. The van der Waals surface area contributed by atoms with Gasteiger partial charge in [-0.25, -0.2) is 18.4 Å². The van der Waals surface area contributed by atoms with Crippen molar-refractivity contribution in [2.45, 2.75) is 94.3 Å². The van der Waals surface area contributed by atoms with Crippen molar-refractivity contribution in [3.05, 3.63) is 78.0 Å². The van der Waals surface area contributed by atoms with Gasteiger partial charge in [0.05, 0.1) is 16.5 Å². The third-order valence-electron chi connectivity index (χ3n) is 16.3. The number of carbonyl (C=O) groups is 4. The maximum absolute atomic E-state index is 17.2. The predicted octanol–water partition coefficient (Wildman–Crippen LogP) is 6.76. The standard InChI is InChI=1S/C55H61F2N11O6/c1-2-41-44(56)18-11-35-8-6-9-42(47(35)41)49-48(57)50-43(30-58-49)51(66-31-36-12-13-37(32-66)59-36)62-52(61-50)74-34-55-21-7-24-68(55)40(19-22-55)33-65(54(72)73)23-5-3-4-10-46(70)64-28-26-63(27-29-64)38-14-16-39(17-15-38)67-25-20-45(69)60-53(67)71/h1,6,8-9,11,14-18,30,36-37,40,59H,3-5,7,10,12-13,19-29,31-34H2,(H,72,73)(H,60,69,71)/t36?,37?,40-,55-/m0/s1. The van der Waals surface area contributed by atoms with Gasteiger partial charge in [-0.2, -0.15) is 9.97 Å². The van der Waals surface area contributed by atoms with Crippen molar-refractivity contribution in [1.82, 2.24) is 40.3 Å². The first-order valence-electron chi connectivity index (χ1n) is 26.1. The van der Waals surface area contributed by atoms with Gasteiger partial charge in [-0.3, -0.25) is 29.7 Å². The number of carbonyl (C=O) groups excluding carboxylic acids is 3. The number of pyridine rings is 1. The summed E-state index contributed by atoms with van der Waals surface area (Å²) in [4.78, 5) is 75.8. The monoisotopic (exact) mass is 1010 g/mol. The summed E-state index contributed by atoms with van der Waals surface area (Å²) in [5.74, 6) is 1.58. The molecular weight excluding hydrogens is 949 g/mol. The fourth-order valence-electron chi connectivity index (χ4n) is 12.5. The van der Waals surface area contributed by atoms with Crippen LogP contribution in [0.4, 0.5) is 35.6 Å². The Labute approximate surface area is 428 Å². The number of unbranched alkanes of at least 4 members (excludes halogenated alkanes) is 2. The van der Waals surface area contributed by atoms with Gasteiger partial charge < -0.3 is 34.8 Å². The van der Waals surface area contributed by atoms with Crippen LogP contribution in [-0.2, 0) is 9.59 Å². The summed E-state index contributed by atoms with van der Waals surface area (Å²) in [6.45, 7) is 6.07. The first-order valence-corrected chi connectivity index (χ1v) is 26.1. The van der Waals surface area contributed by atoms with E-state index < -0.39 is 23.8 Å². The zero-order valence-electron chi connectivity index (χ0n) is 41.4. The molecule has 0 saturated carbocycles. The van der Waals surface area contributed by atoms with Crippen molar-refractivity contribution < 1.29 is 37.8 Å². The molecule has 4 atom stereocenters. The number of anilines is 3. The highest BCUT2D eigenvalue weighted by molar-refractivity contribution is 6.06. The second-order valence-electron chi connectivity index (χ2n) is 20.7. The second-order valence-corrected chi connectivity index (χ2v) is 20.7. The predicted molar refractivity (Wildman–Crippen MR) is 276 cm³/mol. The van der Waals surface area contributed by atoms with Gasteiger partial charge in [-0.05, 0) is 93.6 Å². The molecule has 2 bridgehead atoms. The molecule has 2 aromatic heterocycles. The number of hydrogen-bond acceptors (Lipinski definition) is 12. The molecular formula is C55H61F2N11O6. The fourth-order valence-corrected chi connectivity index (χ4v) is 12.5. The van der Waals surface area contributed by atoms with Crippen molar-refractivity contribution in [3.63, 3.8) is 0 Å². The number of hydrogen-bond donors (Lipinski definition) is 3. The molecule has 5 aromatic rings. The van der Waals surface area contributed by atoms with Gasteiger partial charge in [-0.15, -0.1) is 6.42 Å². The summed E-state index contributed by atoms with van der Waals surface area (Å²) in [7, 11) is 0. The van der Waals surface area contributed by atoms with Crippen LogP contribution in [0.25, 0.3) is 32.9 Å². The Balaban J connectivity index is 0.706. The summed E-state index contributed by atoms with van der Waals surface area (Å²) >= 11 is 0. The number of piperazine rings is 2. The molecule has 386 valence electrons. The lowest BCUT2D eigenvalue weighted by molar-refractivity contribution is -0.131. The molecule has 6 fully saturated rings. The lowest BCUT2D eigenvalue weighted by Gasteiger charge is -2.36. The fraction of sp³-hybridized carbons (Fsp3) is 0.473. The number of benzene rings is 3. The van der Waals surface area contributed by atoms with Crippen molar-refractivity contribution >= 4 is 62.8 Å². The molecule has 6 saturated heterocycles. The first-order chi connectivity index (χ1) is 35.9. The maximum atomic E-state index is 17.2. The Morgan fingerprint density at radius 1 is 0.892 bits per heavy atom. The lowest BCUT2D eigenvalue weighted by atomic mass is 9.95. The summed E-state index contributed by atoms with van der Waals surface area (Å²) in [5.41, 5.74) is 1.80. The number of terminal acetylenes is 1. The highest BCUT2D eigenvalue weighted by Gasteiger charge is 2.50. The molecule has 74 heavy (non-hydrogen) atoms. The molecule has 5 amide bonds. The molecule has 19 heteroatoms. The smallest absolute Gasteiger partial charge is 0.407 e. The van der Waals surface area contributed by atoms with E-state index in [9.17, 15) is 24.3 Å². The number of nitrogens with one attached hydrogen (secondary N) is 2. The molecule has 0 spiro atoms. The van der Waals surface area contributed by atoms with Crippen LogP contribution < -0.4 is 30.1 Å². The number of fused-ring (bicyclic) bond motifs is 5. The molecule has 11 rings (SSSR count). The number of amides is 5. The second kappa shape index (κ2) is 20.6. The van der Waals surface area contributed by atoms with Gasteiger partial charge in [0.15, 0.2) is 5.82 Å². The summed E-state index contributed by atoms with van der Waals surface area (Å²) in [5, 5.41) is 17.9. The van der Waals surface area contributed by atoms with Crippen LogP contribution in [0.15, 0.2) is 60.8 Å². The Hall–Kier alpha value is -7.17. The summed E-state index contributed by atoms with van der Waals surface area (Å²) in [6.07, 6.45) is 14.6. The minimum atomic E-state index is -0.964. The van der Waals surface area contributed by atoms with E-state index in [-0.39, 0.29) is 71.3 Å². The van der Waals surface area contributed by atoms with E-state index in [4.69, 9.17) is 21.1 Å². The number of rotatable bonds is 15. The van der Waals surface area contributed by atoms with E-state index in [2.05, 4.69) is 36.2 Å². The van der Waals surface area contributed by atoms with Gasteiger partial charge in [0.25, 0.3) is 0 Å². The van der Waals surface area contributed by atoms with Crippen LogP contribution in [-0.4, -0.2) is 154 Å². The topological polar surface area (TPSA) is 180 Å². The van der Waals surface area contributed by atoms with Gasteiger partial charge in [-0.1, -0.05) is 36.6 Å². The van der Waals surface area contributed by atoms with Crippen LogP contribution in [0.3, 0.4) is 0 Å². The lowest BCUT2D eigenvalue weighted by Crippen LogP contribution is -2.51. The maximum Gasteiger partial charge on any atom is 0.407 e. The number of aromatic nitrogens is 3. The largest absolute Gasteiger partial charge is 0.465 e.